The minimum Gasteiger partial charge on any atom is -0.497 e. The van der Waals surface area contributed by atoms with Gasteiger partial charge in [-0.2, -0.15) is 5.26 Å². The summed E-state index contributed by atoms with van der Waals surface area (Å²) in [5, 5.41) is 12.5. The van der Waals surface area contributed by atoms with Crippen LogP contribution in [0.25, 0.3) is 6.08 Å². The number of carbonyl (C=O) groups excluding carboxylic acids is 2. The lowest BCUT2D eigenvalue weighted by molar-refractivity contribution is -0.112. The van der Waals surface area contributed by atoms with Crippen LogP contribution in [-0.4, -0.2) is 19.0 Å². The Morgan fingerprint density at radius 2 is 1.72 bits per heavy atom. The molecule has 0 aliphatic rings. The number of para-hydroxylation sites is 1. The molecule has 0 heterocycles. The second kappa shape index (κ2) is 10.5. The summed E-state index contributed by atoms with van der Waals surface area (Å²) in [6, 6.07) is 19.6. The number of methoxy groups -OCH3 is 1. The van der Waals surface area contributed by atoms with Crippen molar-refractivity contribution < 1.29 is 19.1 Å². The molecule has 0 saturated carbocycles. The molecule has 1 N–H and O–H groups in total. The molecule has 0 radical (unpaired) electrons. The third-order valence-electron chi connectivity index (χ3n) is 4.31. The summed E-state index contributed by atoms with van der Waals surface area (Å²) in [5.74, 6) is -0.487. The maximum absolute atomic E-state index is 12.6. The highest BCUT2D eigenvalue weighted by Gasteiger charge is 2.15. The Kier molecular flexibility index (Phi) is 7.50. The monoisotopic (exact) mass is 466 g/mol. The first-order valence-corrected chi connectivity index (χ1v) is 10.0. The number of carbonyl (C=O) groups is 2. The van der Waals surface area contributed by atoms with Gasteiger partial charge in [0.2, 0.25) is 0 Å². The molecule has 3 aromatic rings. The van der Waals surface area contributed by atoms with Crippen molar-refractivity contribution in [1.29, 1.82) is 5.26 Å². The van der Waals surface area contributed by atoms with E-state index in [2.05, 4.69) is 5.32 Å². The van der Waals surface area contributed by atoms with Crippen LogP contribution < -0.4 is 14.8 Å². The number of amides is 1. The Labute approximate surface area is 194 Å². The van der Waals surface area contributed by atoms with E-state index < -0.39 is 11.9 Å². The normalized spacial score (nSPS) is 10.8. The maximum Gasteiger partial charge on any atom is 0.343 e. The number of nitrogens with one attached hydrogen (secondary N) is 1. The van der Waals surface area contributed by atoms with Crippen molar-refractivity contribution in [3.8, 4) is 17.6 Å². The molecule has 0 spiro atoms. The Hall–Kier alpha value is -3.79. The number of anilines is 1. The number of benzene rings is 3. The number of nitrogens with zero attached hydrogens (tertiary/aromatic N) is 1. The molecule has 3 aromatic carbocycles. The quantitative estimate of drug-likeness (QED) is 0.215. The van der Waals surface area contributed by atoms with Gasteiger partial charge in [-0.3, -0.25) is 4.79 Å². The smallest absolute Gasteiger partial charge is 0.343 e. The molecule has 0 aliphatic carbocycles. The number of hydrogen-bond donors (Lipinski definition) is 1. The van der Waals surface area contributed by atoms with E-state index >= 15 is 0 Å². The van der Waals surface area contributed by atoms with Gasteiger partial charge in [0.1, 0.15) is 23.1 Å². The third-order valence-corrected chi connectivity index (χ3v) is 5.13. The number of hydrogen-bond acceptors (Lipinski definition) is 5. The highest BCUT2D eigenvalue weighted by molar-refractivity contribution is 6.44. The van der Waals surface area contributed by atoms with Crippen molar-refractivity contribution in [2.45, 2.75) is 0 Å². The molecule has 160 valence electrons. The van der Waals surface area contributed by atoms with Gasteiger partial charge in [-0.15, -0.1) is 0 Å². The van der Waals surface area contributed by atoms with Gasteiger partial charge in [0.25, 0.3) is 5.91 Å². The molecule has 0 aliphatic heterocycles. The Morgan fingerprint density at radius 1 is 1.00 bits per heavy atom. The lowest BCUT2D eigenvalue weighted by Gasteiger charge is -2.10. The zero-order valence-electron chi connectivity index (χ0n) is 16.8. The summed E-state index contributed by atoms with van der Waals surface area (Å²) in [6.45, 7) is 0. The van der Waals surface area contributed by atoms with Gasteiger partial charge < -0.3 is 14.8 Å². The predicted molar refractivity (Wildman–Crippen MR) is 123 cm³/mol. The fraction of sp³-hybridized carbons (Fsp3) is 0.0417. The maximum atomic E-state index is 12.6. The number of nitriles is 1. The summed E-state index contributed by atoms with van der Waals surface area (Å²) in [4.78, 5) is 25.1. The van der Waals surface area contributed by atoms with Crippen LogP contribution in [0.5, 0.6) is 11.5 Å². The standard InChI is InChI=1S/C24H16Cl2N2O4/c1-31-18-11-9-15(10-12-18)24(30)32-21-8-3-2-5-16(21)13-17(14-27)23(29)28-20-7-4-6-19(25)22(20)26/h2-13H,1H3,(H,28,29)/b17-13+. The Balaban J connectivity index is 1.83. The van der Waals surface area contributed by atoms with E-state index in [9.17, 15) is 14.9 Å². The Bertz CT molecular complexity index is 1230. The van der Waals surface area contributed by atoms with Crippen molar-refractivity contribution in [3.05, 3.63) is 93.5 Å². The summed E-state index contributed by atoms with van der Waals surface area (Å²) in [7, 11) is 1.53. The van der Waals surface area contributed by atoms with Crippen LogP contribution in [0.15, 0.2) is 72.3 Å². The first-order chi connectivity index (χ1) is 15.4. The molecular weight excluding hydrogens is 451 g/mol. The van der Waals surface area contributed by atoms with Crippen LogP contribution in [0.3, 0.4) is 0 Å². The van der Waals surface area contributed by atoms with Gasteiger partial charge in [-0.1, -0.05) is 47.5 Å². The summed E-state index contributed by atoms with van der Waals surface area (Å²) in [6.07, 6.45) is 1.32. The van der Waals surface area contributed by atoms with Crippen LogP contribution in [0.1, 0.15) is 15.9 Å². The fourth-order valence-electron chi connectivity index (χ4n) is 2.67. The number of ether oxygens (including phenoxy) is 2. The minimum atomic E-state index is -0.687. The van der Waals surface area contributed by atoms with Gasteiger partial charge >= 0.3 is 5.97 Å². The SMILES string of the molecule is COc1ccc(C(=O)Oc2ccccc2/C=C(\C#N)C(=O)Nc2cccc(Cl)c2Cl)cc1. The van der Waals surface area contributed by atoms with E-state index in [-0.39, 0.29) is 27.1 Å². The van der Waals surface area contributed by atoms with Crippen LogP contribution >= 0.6 is 23.2 Å². The molecule has 8 heteroatoms. The van der Waals surface area contributed by atoms with Gasteiger partial charge in [0, 0.05) is 5.56 Å². The van der Waals surface area contributed by atoms with Crippen molar-refractivity contribution in [3.63, 3.8) is 0 Å². The zero-order chi connectivity index (χ0) is 23.1. The zero-order valence-corrected chi connectivity index (χ0v) is 18.3. The van der Waals surface area contributed by atoms with E-state index in [1.807, 2.05) is 6.07 Å². The van der Waals surface area contributed by atoms with E-state index in [1.165, 1.54) is 13.2 Å². The Morgan fingerprint density at radius 3 is 2.41 bits per heavy atom. The molecule has 0 fully saturated rings. The van der Waals surface area contributed by atoms with Gasteiger partial charge in [-0.25, -0.2) is 4.79 Å². The lowest BCUT2D eigenvalue weighted by atomic mass is 10.1. The average molecular weight is 467 g/mol. The van der Waals surface area contributed by atoms with Crippen LogP contribution in [0, 0.1) is 11.3 Å². The molecule has 0 saturated heterocycles. The van der Waals surface area contributed by atoms with Crippen molar-refractivity contribution in [2.24, 2.45) is 0 Å². The molecule has 32 heavy (non-hydrogen) atoms. The summed E-state index contributed by atoms with van der Waals surface area (Å²) in [5.41, 5.74) is 0.746. The molecule has 0 atom stereocenters. The van der Waals surface area contributed by atoms with Gasteiger partial charge in [-0.05, 0) is 48.5 Å². The molecule has 0 unspecified atom stereocenters. The van der Waals surface area contributed by atoms with Crippen molar-refractivity contribution in [1.82, 2.24) is 0 Å². The highest BCUT2D eigenvalue weighted by atomic mass is 35.5. The van der Waals surface area contributed by atoms with E-state index in [1.54, 1.807) is 66.7 Å². The number of esters is 1. The van der Waals surface area contributed by atoms with E-state index in [4.69, 9.17) is 32.7 Å². The molecule has 0 aromatic heterocycles. The van der Waals surface area contributed by atoms with Crippen molar-refractivity contribution in [2.75, 3.05) is 12.4 Å². The second-order valence-corrected chi connectivity index (χ2v) is 7.17. The van der Waals surface area contributed by atoms with Crippen molar-refractivity contribution >= 4 is 46.8 Å². The van der Waals surface area contributed by atoms with Crippen LogP contribution in [0.2, 0.25) is 10.0 Å². The van der Waals surface area contributed by atoms with E-state index in [0.717, 1.165) is 0 Å². The summed E-state index contributed by atoms with van der Waals surface area (Å²) < 4.78 is 10.6. The first-order valence-electron chi connectivity index (χ1n) is 9.25. The third kappa shape index (κ3) is 5.46. The van der Waals surface area contributed by atoms with Crippen LogP contribution in [-0.2, 0) is 4.79 Å². The minimum absolute atomic E-state index is 0.161. The van der Waals surface area contributed by atoms with Gasteiger partial charge in [0.15, 0.2) is 0 Å². The van der Waals surface area contributed by atoms with E-state index in [0.29, 0.717) is 16.9 Å². The highest BCUT2D eigenvalue weighted by Crippen LogP contribution is 2.30. The molecular formula is C24H16Cl2N2O4. The van der Waals surface area contributed by atoms with Crippen LogP contribution in [0.4, 0.5) is 5.69 Å². The number of halogens is 2. The first kappa shape index (κ1) is 22.9. The molecule has 6 nitrogen and oxygen atoms in total. The largest absolute Gasteiger partial charge is 0.497 e. The summed E-state index contributed by atoms with van der Waals surface area (Å²) >= 11 is 12.0. The lowest BCUT2D eigenvalue weighted by Crippen LogP contribution is -2.14. The predicted octanol–water partition coefficient (Wildman–Crippen LogP) is 5.77. The average Bonchev–Trinajstić information content (AvgIpc) is 2.81. The molecule has 3 rings (SSSR count). The topological polar surface area (TPSA) is 88.4 Å². The molecule has 0 bridgehead atoms. The van der Waals surface area contributed by atoms with Gasteiger partial charge in [0.05, 0.1) is 28.4 Å². The molecule has 1 amide bonds. The second-order valence-electron chi connectivity index (χ2n) is 6.38. The fourth-order valence-corrected chi connectivity index (χ4v) is 3.02. The number of rotatable bonds is 6.